The molecule has 0 saturated heterocycles. The molecule has 1 aromatic heterocycles. The van der Waals surface area contributed by atoms with Crippen molar-refractivity contribution >= 4 is 0 Å². The molecular formula is C21H23NO4. The van der Waals surface area contributed by atoms with Gasteiger partial charge in [-0.25, -0.2) is 4.98 Å². The minimum atomic E-state index is -0.456. The van der Waals surface area contributed by atoms with Crippen LogP contribution >= 0.6 is 0 Å². The van der Waals surface area contributed by atoms with Crippen LogP contribution in [-0.2, 0) is 6.42 Å². The van der Waals surface area contributed by atoms with E-state index in [2.05, 4.69) is 4.98 Å². The smallest absolute Gasteiger partial charge is 0.191 e. The Morgan fingerprint density at radius 2 is 1.65 bits per heavy atom. The highest BCUT2D eigenvalue weighted by molar-refractivity contribution is 5.59. The van der Waals surface area contributed by atoms with Crippen molar-refractivity contribution in [3.8, 4) is 22.8 Å². The Kier molecular flexibility index (Phi) is 6.04. The number of aliphatic hydroxyl groups is 2. The molecule has 1 atom stereocenters. The normalized spacial score (nSPS) is 12.1. The van der Waals surface area contributed by atoms with E-state index in [4.69, 9.17) is 14.3 Å². The van der Waals surface area contributed by atoms with E-state index < -0.39 is 6.10 Å². The quantitative estimate of drug-likeness (QED) is 0.637. The maximum Gasteiger partial charge on any atom is 0.191 e. The average Bonchev–Trinajstić information content (AvgIpc) is 3.08. The van der Waals surface area contributed by atoms with Gasteiger partial charge < -0.3 is 19.4 Å². The Labute approximate surface area is 152 Å². The second kappa shape index (κ2) is 8.65. The molecule has 0 aliphatic rings. The largest absolute Gasteiger partial charge is 0.457 e. The summed E-state index contributed by atoms with van der Waals surface area (Å²) in [5, 5.41) is 18.5. The number of aromatic nitrogens is 1. The number of oxazole rings is 1. The third-order valence-corrected chi connectivity index (χ3v) is 4.16. The Hall–Kier alpha value is -2.63. The number of benzene rings is 2. The predicted molar refractivity (Wildman–Crippen MR) is 99.2 cm³/mol. The van der Waals surface area contributed by atoms with E-state index in [-0.39, 0.29) is 6.61 Å². The number of rotatable bonds is 8. The van der Waals surface area contributed by atoms with Crippen LogP contribution in [0.3, 0.4) is 0 Å². The summed E-state index contributed by atoms with van der Waals surface area (Å²) in [4.78, 5) is 4.31. The summed E-state index contributed by atoms with van der Waals surface area (Å²) in [6.07, 6.45) is 3.02. The van der Waals surface area contributed by atoms with Crippen LogP contribution in [0.2, 0.25) is 0 Å². The summed E-state index contributed by atoms with van der Waals surface area (Å²) in [5.74, 6) is 2.15. The van der Waals surface area contributed by atoms with Crippen molar-refractivity contribution < 1.29 is 19.4 Å². The molecule has 2 aromatic carbocycles. The molecule has 1 unspecified atom stereocenters. The number of aliphatic hydroxyl groups excluding tert-OH is 2. The van der Waals surface area contributed by atoms with Crippen molar-refractivity contribution in [1.82, 2.24) is 4.98 Å². The summed E-state index contributed by atoms with van der Waals surface area (Å²) in [5.41, 5.74) is 2.92. The molecular weight excluding hydrogens is 330 g/mol. The van der Waals surface area contributed by atoms with Gasteiger partial charge in [-0.05, 0) is 61.2 Å². The Balaban J connectivity index is 1.57. The lowest BCUT2D eigenvalue weighted by atomic mass is 10.1. The van der Waals surface area contributed by atoms with Crippen LogP contribution in [0, 0.1) is 6.92 Å². The fourth-order valence-electron chi connectivity index (χ4n) is 2.68. The van der Waals surface area contributed by atoms with E-state index in [9.17, 15) is 5.11 Å². The highest BCUT2D eigenvalue weighted by atomic mass is 16.5. The topological polar surface area (TPSA) is 75.7 Å². The molecule has 5 heteroatoms. The number of aryl methyl sites for hydroxylation is 2. The van der Waals surface area contributed by atoms with Gasteiger partial charge in [-0.1, -0.05) is 12.1 Å². The number of nitrogens with zero attached hydrogens (tertiary/aromatic N) is 1. The second-order valence-corrected chi connectivity index (χ2v) is 6.23. The fourth-order valence-corrected chi connectivity index (χ4v) is 2.68. The molecule has 0 bridgehead atoms. The predicted octanol–water partition coefficient (Wildman–Crippen LogP) is 4.12. The minimum absolute atomic E-state index is 0.0169. The highest BCUT2D eigenvalue weighted by Crippen LogP contribution is 2.26. The molecule has 0 amide bonds. The van der Waals surface area contributed by atoms with E-state index >= 15 is 0 Å². The summed E-state index contributed by atoms with van der Waals surface area (Å²) < 4.78 is 11.1. The standard InChI is InChI=1S/C21H23NO4/c1-15-22-21(14-25-15)17-5-10-20(11-6-17)26-19-8-3-16(4-9-19)2-7-18(24)12-13-23/h3-6,8-11,14,18,23-24H,2,7,12-13H2,1H3. The maximum absolute atomic E-state index is 9.67. The van der Waals surface area contributed by atoms with Gasteiger partial charge in [0.1, 0.15) is 23.5 Å². The Morgan fingerprint density at radius 3 is 2.23 bits per heavy atom. The van der Waals surface area contributed by atoms with Crippen LogP contribution in [0.25, 0.3) is 11.3 Å². The summed E-state index contributed by atoms with van der Waals surface area (Å²) in [7, 11) is 0. The SMILES string of the molecule is Cc1nc(-c2ccc(Oc3ccc(CCC(O)CCO)cc3)cc2)co1. The van der Waals surface area contributed by atoms with Crippen molar-refractivity contribution in [2.45, 2.75) is 32.3 Å². The van der Waals surface area contributed by atoms with Gasteiger partial charge in [-0.3, -0.25) is 0 Å². The van der Waals surface area contributed by atoms with E-state index in [0.717, 1.165) is 34.7 Å². The van der Waals surface area contributed by atoms with Crippen molar-refractivity contribution in [2.75, 3.05) is 6.61 Å². The van der Waals surface area contributed by atoms with Crippen molar-refractivity contribution in [2.24, 2.45) is 0 Å². The Morgan fingerprint density at radius 1 is 1.00 bits per heavy atom. The summed E-state index contributed by atoms with van der Waals surface area (Å²) in [6.45, 7) is 1.83. The molecule has 0 aliphatic heterocycles. The maximum atomic E-state index is 9.67. The first-order chi connectivity index (χ1) is 12.6. The number of ether oxygens (including phenoxy) is 1. The molecule has 0 fully saturated rings. The first kappa shape index (κ1) is 18.2. The van der Waals surface area contributed by atoms with Crippen LogP contribution in [0.4, 0.5) is 0 Å². The van der Waals surface area contributed by atoms with E-state index in [1.54, 1.807) is 6.26 Å². The van der Waals surface area contributed by atoms with Gasteiger partial charge in [0, 0.05) is 19.1 Å². The minimum Gasteiger partial charge on any atom is -0.457 e. The van der Waals surface area contributed by atoms with Crippen LogP contribution in [0.15, 0.2) is 59.2 Å². The van der Waals surface area contributed by atoms with Crippen molar-refractivity contribution in [3.05, 3.63) is 66.2 Å². The van der Waals surface area contributed by atoms with Gasteiger partial charge in [-0.15, -0.1) is 0 Å². The van der Waals surface area contributed by atoms with Gasteiger partial charge in [0.05, 0.1) is 6.10 Å². The van der Waals surface area contributed by atoms with Gasteiger partial charge >= 0.3 is 0 Å². The third kappa shape index (κ3) is 4.94. The third-order valence-electron chi connectivity index (χ3n) is 4.16. The molecule has 0 aliphatic carbocycles. The van der Waals surface area contributed by atoms with Crippen molar-refractivity contribution in [3.63, 3.8) is 0 Å². The molecule has 3 aromatic rings. The summed E-state index contributed by atoms with van der Waals surface area (Å²) in [6, 6.07) is 15.5. The molecule has 26 heavy (non-hydrogen) atoms. The zero-order valence-electron chi connectivity index (χ0n) is 14.8. The van der Waals surface area contributed by atoms with Gasteiger partial charge in [-0.2, -0.15) is 0 Å². The van der Waals surface area contributed by atoms with E-state index in [1.807, 2.05) is 55.5 Å². The zero-order chi connectivity index (χ0) is 18.4. The van der Waals surface area contributed by atoms with Crippen LogP contribution < -0.4 is 4.74 Å². The highest BCUT2D eigenvalue weighted by Gasteiger charge is 2.06. The molecule has 5 nitrogen and oxygen atoms in total. The van der Waals surface area contributed by atoms with Crippen LogP contribution in [0.1, 0.15) is 24.3 Å². The van der Waals surface area contributed by atoms with Gasteiger partial charge in [0.2, 0.25) is 0 Å². The molecule has 3 rings (SSSR count). The molecule has 0 radical (unpaired) electrons. The van der Waals surface area contributed by atoms with E-state index in [0.29, 0.717) is 18.7 Å². The lowest BCUT2D eigenvalue weighted by Crippen LogP contribution is -2.09. The van der Waals surface area contributed by atoms with Gasteiger partial charge in [0.25, 0.3) is 0 Å². The number of hydrogen-bond donors (Lipinski definition) is 2. The molecule has 136 valence electrons. The Bertz CT molecular complexity index is 809. The summed E-state index contributed by atoms with van der Waals surface area (Å²) >= 11 is 0. The van der Waals surface area contributed by atoms with Crippen molar-refractivity contribution in [1.29, 1.82) is 0 Å². The molecule has 2 N–H and O–H groups in total. The first-order valence-corrected chi connectivity index (χ1v) is 8.72. The number of hydrogen-bond acceptors (Lipinski definition) is 5. The molecule has 1 heterocycles. The lowest BCUT2D eigenvalue weighted by Gasteiger charge is -2.10. The zero-order valence-corrected chi connectivity index (χ0v) is 14.8. The monoisotopic (exact) mass is 353 g/mol. The fraction of sp³-hybridized carbons (Fsp3) is 0.286. The van der Waals surface area contributed by atoms with E-state index in [1.165, 1.54) is 0 Å². The molecule has 0 spiro atoms. The molecule has 0 saturated carbocycles. The second-order valence-electron chi connectivity index (χ2n) is 6.23. The first-order valence-electron chi connectivity index (χ1n) is 8.72. The lowest BCUT2D eigenvalue weighted by molar-refractivity contribution is 0.125. The van der Waals surface area contributed by atoms with Crippen LogP contribution in [-0.4, -0.2) is 27.9 Å². The average molecular weight is 353 g/mol. The van der Waals surface area contributed by atoms with Gasteiger partial charge in [0.15, 0.2) is 5.89 Å². The van der Waals surface area contributed by atoms with Crippen LogP contribution in [0.5, 0.6) is 11.5 Å².